The van der Waals surface area contributed by atoms with E-state index in [0.717, 1.165) is 5.56 Å². The van der Waals surface area contributed by atoms with Crippen LogP contribution in [0.15, 0.2) is 29.3 Å². The largest absolute Gasteiger partial charge is 0.497 e. The molecule has 0 radical (unpaired) electrons. The highest BCUT2D eigenvalue weighted by molar-refractivity contribution is 5.70. The Labute approximate surface area is 99.1 Å². The van der Waals surface area contributed by atoms with Gasteiger partial charge in [0.05, 0.1) is 26.7 Å². The number of hydrogen-bond acceptors (Lipinski definition) is 5. The average Bonchev–Trinajstić information content (AvgIpc) is 2.38. The number of hydrogen-bond donors (Lipinski definition) is 0. The number of nitrogens with zero attached hydrogens (tertiary/aromatic N) is 1. The summed E-state index contributed by atoms with van der Waals surface area (Å²) in [5, 5.41) is 0. The van der Waals surface area contributed by atoms with Gasteiger partial charge in [0.1, 0.15) is 5.75 Å². The second-order valence-electron chi connectivity index (χ2n) is 3.29. The molecular formula is C12H13NO4. The molecule has 1 rings (SSSR count). The van der Waals surface area contributed by atoms with E-state index in [2.05, 4.69) is 9.73 Å². The summed E-state index contributed by atoms with van der Waals surface area (Å²) in [5.74, 6) is 0.269. The van der Waals surface area contributed by atoms with Gasteiger partial charge in [0.2, 0.25) is 6.08 Å². The first-order chi connectivity index (χ1) is 8.21. The second-order valence-corrected chi connectivity index (χ2v) is 3.29. The van der Waals surface area contributed by atoms with E-state index in [0.29, 0.717) is 5.75 Å². The summed E-state index contributed by atoms with van der Waals surface area (Å²) in [7, 11) is 2.85. The Balaban J connectivity index is 2.88. The first kappa shape index (κ1) is 12.9. The van der Waals surface area contributed by atoms with E-state index in [1.165, 1.54) is 13.2 Å². The lowest BCUT2D eigenvalue weighted by atomic mass is 10.0. The van der Waals surface area contributed by atoms with Crippen molar-refractivity contribution in [1.82, 2.24) is 0 Å². The number of esters is 1. The van der Waals surface area contributed by atoms with E-state index < -0.39 is 12.0 Å². The van der Waals surface area contributed by atoms with Gasteiger partial charge < -0.3 is 9.47 Å². The lowest BCUT2D eigenvalue weighted by Gasteiger charge is -2.10. The number of ether oxygens (including phenoxy) is 2. The van der Waals surface area contributed by atoms with Crippen LogP contribution in [0.25, 0.3) is 0 Å². The molecule has 5 nitrogen and oxygen atoms in total. The van der Waals surface area contributed by atoms with Crippen LogP contribution in [0, 0.1) is 0 Å². The van der Waals surface area contributed by atoms with E-state index >= 15 is 0 Å². The number of carbonyl (C=O) groups is 1. The molecule has 0 saturated carbocycles. The Morgan fingerprint density at radius 3 is 2.47 bits per heavy atom. The molecule has 0 bridgehead atoms. The molecule has 0 aliphatic rings. The second kappa shape index (κ2) is 6.45. The predicted octanol–water partition coefficient (Wildman–Crippen LogP) is 1.64. The monoisotopic (exact) mass is 235 g/mol. The minimum atomic E-state index is -0.564. The van der Waals surface area contributed by atoms with E-state index in [1.54, 1.807) is 31.4 Å². The summed E-state index contributed by atoms with van der Waals surface area (Å²) in [6, 6.07) is 6.39. The highest BCUT2D eigenvalue weighted by Gasteiger charge is 2.15. The summed E-state index contributed by atoms with van der Waals surface area (Å²) in [6.07, 6.45) is 1.47. The van der Waals surface area contributed by atoms with Crippen LogP contribution < -0.4 is 4.74 Å². The van der Waals surface area contributed by atoms with Gasteiger partial charge in [-0.25, -0.2) is 4.79 Å². The van der Waals surface area contributed by atoms with Gasteiger partial charge in [0.25, 0.3) is 0 Å². The molecule has 0 fully saturated rings. The lowest BCUT2D eigenvalue weighted by molar-refractivity contribution is -0.141. The molecule has 0 aromatic heterocycles. The van der Waals surface area contributed by atoms with Crippen LogP contribution in [-0.4, -0.2) is 26.3 Å². The molecule has 0 amide bonds. The topological polar surface area (TPSA) is 65.0 Å². The van der Waals surface area contributed by atoms with E-state index in [1.807, 2.05) is 0 Å². The summed E-state index contributed by atoms with van der Waals surface area (Å²) in [4.78, 5) is 25.1. The SMILES string of the molecule is COC(=O)C[C@@H](N=C=O)c1ccc(OC)cc1. The van der Waals surface area contributed by atoms with Gasteiger partial charge in [-0.1, -0.05) is 12.1 Å². The molecule has 90 valence electrons. The van der Waals surface area contributed by atoms with Gasteiger partial charge in [-0.15, -0.1) is 0 Å². The number of isocyanates is 1. The molecule has 1 aromatic carbocycles. The first-order valence-corrected chi connectivity index (χ1v) is 4.99. The van der Waals surface area contributed by atoms with Crippen LogP contribution in [0.1, 0.15) is 18.0 Å². The fraction of sp³-hybridized carbons (Fsp3) is 0.333. The molecule has 0 aliphatic heterocycles. The maximum Gasteiger partial charge on any atom is 0.308 e. The van der Waals surface area contributed by atoms with Crippen molar-refractivity contribution in [1.29, 1.82) is 0 Å². The smallest absolute Gasteiger partial charge is 0.308 e. The van der Waals surface area contributed by atoms with Crippen LogP contribution in [0.2, 0.25) is 0 Å². The zero-order valence-electron chi connectivity index (χ0n) is 9.67. The molecule has 0 saturated heterocycles. The highest BCUT2D eigenvalue weighted by atomic mass is 16.5. The third-order valence-electron chi connectivity index (χ3n) is 2.30. The number of aliphatic imine (C=N–C) groups is 1. The van der Waals surface area contributed by atoms with Crippen molar-refractivity contribution < 1.29 is 19.1 Å². The number of benzene rings is 1. The molecule has 17 heavy (non-hydrogen) atoms. The maximum atomic E-state index is 11.2. The van der Waals surface area contributed by atoms with Crippen molar-refractivity contribution in [3.8, 4) is 5.75 Å². The van der Waals surface area contributed by atoms with Crippen molar-refractivity contribution in [2.75, 3.05) is 14.2 Å². The fourth-order valence-electron chi connectivity index (χ4n) is 1.37. The Hall–Kier alpha value is -2.13. The molecule has 0 aliphatic carbocycles. The van der Waals surface area contributed by atoms with Crippen molar-refractivity contribution in [2.45, 2.75) is 12.5 Å². The lowest BCUT2D eigenvalue weighted by Crippen LogP contribution is -2.07. The fourth-order valence-corrected chi connectivity index (χ4v) is 1.37. The summed E-state index contributed by atoms with van der Waals surface area (Å²) >= 11 is 0. The number of carbonyl (C=O) groups excluding carboxylic acids is 2. The Morgan fingerprint density at radius 2 is 2.00 bits per heavy atom. The van der Waals surface area contributed by atoms with Crippen LogP contribution in [-0.2, 0) is 14.3 Å². The molecule has 1 atom stereocenters. The van der Waals surface area contributed by atoms with Crippen LogP contribution >= 0.6 is 0 Å². The van der Waals surface area contributed by atoms with Gasteiger partial charge in [-0.2, -0.15) is 4.99 Å². The number of methoxy groups -OCH3 is 2. The summed E-state index contributed by atoms with van der Waals surface area (Å²) < 4.78 is 9.55. The third kappa shape index (κ3) is 3.74. The van der Waals surface area contributed by atoms with Crippen LogP contribution in [0.5, 0.6) is 5.75 Å². The predicted molar refractivity (Wildman–Crippen MR) is 60.5 cm³/mol. The Bertz CT molecular complexity index is 421. The highest BCUT2D eigenvalue weighted by Crippen LogP contribution is 2.23. The molecular weight excluding hydrogens is 222 g/mol. The molecule has 0 unspecified atom stereocenters. The zero-order chi connectivity index (χ0) is 12.7. The Kier molecular flexibility index (Phi) is 4.91. The van der Waals surface area contributed by atoms with Crippen LogP contribution in [0.3, 0.4) is 0 Å². The minimum absolute atomic E-state index is 0.0120. The maximum absolute atomic E-state index is 11.2. The van der Waals surface area contributed by atoms with Crippen LogP contribution in [0.4, 0.5) is 0 Å². The van der Waals surface area contributed by atoms with E-state index in [4.69, 9.17) is 4.74 Å². The van der Waals surface area contributed by atoms with Gasteiger partial charge in [-0.05, 0) is 17.7 Å². The average molecular weight is 235 g/mol. The van der Waals surface area contributed by atoms with E-state index in [9.17, 15) is 9.59 Å². The quantitative estimate of drug-likeness (QED) is 0.442. The minimum Gasteiger partial charge on any atom is -0.497 e. The van der Waals surface area contributed by atoms with Crippen molar-refractivity contribution in [3.63, 3.8) is 0 Å². The van der Waals surface area contributed by atoms with Gasteiger partial charge in [0.15, 0.2) is 0 Å². The van der Waals surface area contributed by atoms with Crippen molar-refractivity contribution in [3.05, 3.63) is 29.8 Å². The first-order valence-electron chi connectivity index (χ1n) is 4.99. The number of rotatable bonds is 5. The van der Waals surface area contributed by atoms with Gasteiger partial charge in [0, 0.05) is 0 Å². The molecule has 5 heteroatoms. The summed E-state index contributed by atoms with van der Waals surface area (Å²) in [5.41, 5.74) is 0.736. The van der Waals surface area contributed by atoms with Gasteiger partial charge >= 0.3 is 5.97 Å². The molecule has 1 aromatic rings. The normalized spacial score (nSPS) is 11.2. The zero-order valence-corrected chi connectivity index (χ0v) is 9.67. The standard InChI is InChI=1S/C12H13NO4/c1-16-10-5-3-9(4-6-10)11(13-8-14)7-12(15)17-2/h3-6,11H,7H2,1-2H3/t11-/m1/s1. The molecule has 0 heterocycles. The third-order valence-corrected chi connectivity index (χ3v) is 2.30. The van der Waals surface area contributed by atoms with Crippen molar-refractivity contribution >= 4 is 12.0 Å². The van der Waals surface area contributed by atoms with E-state index in [-0.39, 0.29) is 6.42 Å². The Morgan fingerprint density at radius 1 is 1.35 bits per heavy atom. The van der Waals surface area contributed by atoms with Gasteiger partial charge in [-0.3, -0.25) is 4.79 Å². The molecule has 0 N–H and O–H groups in total. The molecule has 0 spiro atoms. The van der Waals surface area contributed by atoms with Crippen molar-refractivity contribution in [2.24, 2.45) is 4.99 Å². The summed E-state index contributed by atoms with van der Waals surface area (Å²) in [6.45, 7) is 0.